The Morgan fingerprint density at radius 2 is 1.76 bits per heavy atom. The second kappa shape index (κ2) is 7.83. The third kappa shape index (κ3) is 4.18. The lowest BCUT2D eigenvalue weighted by atomic mass is 9.96. The number of carbonyl (C=O) groups is 2. The Kier molecular flexibility index (Phi) is 5.80. The number of allylic oxidation sites excluding steroid dienone is 2. The van der Waals surface area contributed by atoms with Gasteiger partial charge in [0.15, 0.2) is 0 Å². The number of esters is 2. The Labute approximate surface area is 146 Å². The van der Waals surface area contributed by atoms with Crippen molar-refractivity contribution in [2.45, 2.75) is 33.6 Å². The molecular weight excluding hydrogens is 320 g/mol. The molecule has 2 aromatic carbocycles. The van der Waals surface area contributed by atoms with Gasteiger partial charge in [-0.3, -0.25) is 9.59 Å². The highest BCUT2D eigenvalue weighted by molar-refractivity contribution is 5.99. The van der Waals surface area contributed by atoms with E-state index in [0.29, 0.717) is 34.1 Å². The molecule has 0 aliphatic rings. The summed E-state index contributed by atoms with van der Waals surface area (Å²) in [6, 6.07) is 7.15. The molecule has 0 heterocycles. The smallest absolute Gasteiger partial charge is 0.322 e. The van der Waals surface area contributed by atoms with Gasteiger partial charge in [0.1, 0.15) is 17.9 Å². The lowest BCUT2D eigenvalue weighted by Gasteiger charge is -2.16. The van der Waals surface area contributed by atoms with Crippen molar-refractivity contribution in [2.75, 3.05) is 7.11 Å². The number of hydrogen-bond acceptors (Lipinski definition) is 5. The van der Waals surface area contributed by atoms with Gasteiger partial charge in [0, 0.05) is 16.3 Å². The second-order valence-corrected chi connectivity index (χ2v) is 6.04. The van der Waals surface area contributed by atoms with E-state index in [0.717, 1.165) is 5.57 Å². The summed E-state index contributed by atoms with van der Waals surface area (Å²) in [6.45, 7) is 5.75. The van der Waals surface area contributed by atoms with Crippen LogP contribution in [0.15, 0.2) is 35.9 Å². The first-order chi connectivity index (χ1) is 11.8. The number of methoxy groups -OCH3 is 1. The minimum atomic E-state index is -0.695. The average molecular weight is 342 g/mol. The molecule has 25 heavy (non-hydrogen) atoms. The minimum absolute atomic E-state index is 0.179. The third-order valence-electron chi connectivity index (χ3n) is 3.95. The van der Waals surface area contributed by atoms with Crippen LogP contribution in [-0.2, 0) is 20.7 Å². The summed E-state index contributed by atoms with van der Waals surface area (Å²) >= 11 is 0. The molecule has 0 spiro atoms. The summed E-state index contributed by atoms with van der Waals surface area (Å²) in [5.41, 5.74) is 2.49. The first-order valence-corrected chi connectivity index (χ1v) is 7.99. The molecule has 2 aromatic rings. The highest BCUT2D eigenvalue weighted by atomic mass is 16.5. The zero-order valence-corrected chi connectivity index (χ0v) is 14.9. The average Bonchev–Trinajstić information content (AvgIpc) is 2.58. The van der Waals surface area contributed by atoms with Crippen LogP contribution in [0.3, 0.4) is 0 Å². The summed E-state index contributed by atoms with van der Waals surface area (Å²) in [6.07, 6.45) is 2.05. The monoisotopic (exact) mass is 342 g/mol. The van der Waals surface area contributed by atoms with Crippen molar-refractivity contribution in [2.24, 2.45) is 0 Å². The van der Waals surface area contributed by atoms with Crippen LogP contribution in [-0.4, -0.2) is 24.2 Å². The molecule has 0 unspecified atom stereocenters. The largest absolute Gasteiger partial charge is 0.507 e. The first-order valence-electron chi connectivity index (χ1n) is 7.99. The maximum atomic E-state index is 12.0. The van der Waals surface area contributed by atoms with Gasteiger partial charge >= 0.3 is 11.9 Å². The summed E-state index contributed by atoms with van der Waals surface area (Å²) in [4.78, 5) is 23.3. The fourth-order valence-electron chi connectivity index (χ4n) is 2.59. The van der Waals surface area contributed by atoms with Crippen LogP contribution < -0.4 is 4.74 Å². The molecule has 0 atom stereocenters. The van der Waals surface area contributed by atoms with Crippen molar-refractivity contribution in [1.29, 1.82) is 0 Å². The number of rotatable bonds is 5. The molecule has 0 amide bonds. The molecule has 132 valence electrons. The summed E-state index contributed by atoms with van der Waals surface area (Å²) in [7, 11) is 1.22. The van der Waals surface area contributed by atoms with Gasteiger partial charge in [-0.05, 0) is 32.8 Å². The molecule has 1 N–H and O–H groups in total. The van der Waals surface area contributed by atoms with Crippen LogP contribution in [0.2, 0.25) is 0 Å². The number of benzene rings is 2. The van der Waals surface area contributed by atoms with E-state index in [2.05, 4.69) is 4.74 Å². The van der Waals surface area contributed by atoms with Crippen molar-refractivity contribution in [1.82, 2.24) is 0 Å². The van der Waals surface area contributed by atoms with Crippen molar-refractivity contribution in [3.63, 3.8) is 0 Å². The maximum Gasteiger partial charge on any atom is 0.322 e. The number of aromatic hydroxyl groups is 1. The van der Waals surface area contributed by atoms with E-state index < -0.39 is 18.4 Å². The highest BCUT2D eigenvalue weighted by Crippen LogP contribution is 2.40. The van der Waals surface area contributed by atoms with Gasteiger partial charge in [0.25, 0.3) is 0 Å². The zero-order valence-electron chi connectivity index (χ0n) is 14.9. The van der Waals surface area contributed by atoms with Gasteiger partial charge in [0.2, 0.25) is 0 Å². The van der Waals surface area contributed by atoms with Crippen molar-refractivity contribution in [3.8, 4) is 11.5 Å². The fourth-order valence-corrected chi connectivity index (χ4v) is 2.59. The molecule has 0 fully saturated rings. The third-order valence-corrected chi connectivity index (χ3v) is 3.95. The highest BCUT2D eigenvalue weighted by Gasteiger charge is 2.20. The van der Waals surface area contributed by atoms with Crippen LogP contribution >= 0.6 is 0 Å². The van der Waals surface area contributed by atoms with E-state index in [1.807, 2.05) is 26.0 Å². The van der Waals surface area contributed by atoms with Crippen LogP contribution in [0.1, 0.15) is 31.4 Å². The molecule has 0 bridgehead atoms. The summed E-state index contributed by atoms with van der Waals surface area (Å²) in [5.74, 6) is -0.813. The Balaban J connectivity index is 2.55. The van der Waals surface area contributed by atoms with Crippen LogP contribution in [0.4, 0.5) is 0 Å². The number of ether oxygens (including phenoxy) is 2. The van der Waals surface area contributed by atoms with E-state index in [1.54, 1.807) is 25.1 Å². The van der Waals surface area contributed by atoms with Crippen LogP contribution in [0.5, 0.6) is 11.5 Å². The molecule has 5 heteroatoms. The molecule has 0 radical (unpaired) electrons. The van der Waals surface area contributed by atoms with E-state index >= 15 is 0 Å². The predicted molar refractivity (Wildman–Crippen MR) is 95.8 cm³/mol. The van der Waals surface area contributed by atoms with E-state index in [4.69, 9.17) is 4.74 Å². The normalized spacial score (nSPS) is 10.4. The molecule has 0 saturated carbocycles. The molecule has 0 saturated heterocycles. The van der Waals surface area contributed by atoms with E-state index in [1.165, 1.54) is 7.11 Å². The maximum absolute atomic E-state index is 12.0. The Morgan fingerprint density at radius 3 is 2.36 bits per heavy atom. The SMILES string of the molecule is COC(=O)CC(=O)Oc1c(C)c(CC=C(C)C)c(O)c2ccccc12. The van der Waals surface area contributed by atoms with Crippen LogP contribution in [0, 0.1) is 6.92 Å². The van der Waals surface area contributed by atoms with Crippen molar-refractivity contribution >= 4 is 22.7 Å². The number of phenols is 1. The lowest BCUT2D eigenvalue weighted by Crippen LogP contribution is -2.16. The standard InChI is InChI=1S/C20H22O5/c1-12(2)9-10-14-13(3)20(25-18(22)11-17(21)24-4)16-8-6-5-7-15(16)19(14)23/h5-9,23H,10-11H2,1-4H3. The first kappa shape index (κ1) is 18.5. The molecule has 2 rings (SSSR count). The number of hydrogen-bond donors (Lipinski definition) is 1. The van der Waals surface area contributed by atoms with Gasteiger partial charge in [-0.1, -0.05) is 35.9 Å². The molecule has 0 aliphatic carbocycles. The summed E-state index contributed by atoms with van der Waals surface area (Å²) < 4.78 is 9.96. The second-order valence-electron chi connectivity index (χ2n) is 6.04. The van der Waals surface area contributed by atoms with Gasteiger partial charge < -0.3 is 14.6 Å². The number of fused-ring (bicyclic) bond motifs is 1. The summed E-state index contributed by atoms with van der Waals surface area (Å²) in [5, 5.41) is 11.9. The van der Waals surface area contributed by atoms with Gasteiger partial charge in [-0.15, -0.1) is 0 Å². The molecule has 5 nitrogen and oxygen atoms in total. The van der Waals surface area contributed by atoms with Crippen molar-refractivity contribution in [3.05, 3.63) is 47.0 Å². The number of carbonyl (C=O) groups excluding carboxylic acids is 2. The Morgan fingerprint density at radius 1 is 1.12 bits per heavy atom. The van der Waals surface area contributed by atoms with Gasteiger partial charge in [-0.25, -0.2) is 0 Å². The van der Waals surface area contributed by atoms with Crippen molar-refractivity contribution < 1.29 is 24.2 Å². The molecule has 0 aromatic heterocycles. The predicted octanol–water partition coefficient (Wildman–Crippen LogP) is 3.83. The lowest BCUT2D eigenvalue weighted by molar-refractivity contribution is -0.148. The van der Waals surface area contributed by atoms with Crippen LogP contribution in [0.25, 0.3) is 10.8 Å². The van der Waals surface area contributed by atoms with E-state index in [9.17, 15) is 14.7 Å². The minimum Gasteiger partial charge on any atom is -0.507 e. The molecular formula is C20H22O5. The quantitative estimate of drug-likeness (QED) is 0.387. The zero-order chi connectivity index (χ0) is 18.6. The number of phenolic OH excluding ortho intramolecular Hbond substituents is 1. The Hall–Kier alpha value is -2.82. The van der Waals surface area contributed by atoms with Gasteiger partial charge in [0.05, 0.1) is 7.11 Å². The Bertz CT molecular complexity index is 845. The topological polar surface area (TPSA) is 72.8 Å². The molecule has 0 aliphatic heterocycles. The fraction of sp³-hybridized carbons (Fsp3) is 0.300. The van der Waals surface area contributed by atoms with E-state index in [-0.39, 0.29) is 5.75 Å². The van der Waals surface area contributed by atoms with Gasteiger partial charge in [-0.2, -0.15) is 0 Å².